The molecule has 0 aliphatic heterocycles. The lowest BCUT2D eigenvalue weighted by Gasteiger charge is -2.28. The Bertz CT molecular complexity index is 138. The highest BCUT2D eigenvalue weighted by Gasteiger charge is 2.20. The van der Waals surface area contributed by atoms with E-state index in [1.54, 1.807) is 0 Å². The number of rotatable bonds is 10. The molecule has 0 aliphatic carbocycles. The summed E-state index contributed by atoms with van der Waals surface area (Å²) in [5.74, 6) is 0. The third-order valence-corrected chi connectivity index (χ3v) is 3.03. The monoisotopic (exact) mass is 215 g/mol. The van der Waals surface area contributed by atoms with Crippen molar-refractivity contribution in [1.82, 2.24) is 5.32 Å². The Morgan fingerprint density at radius 1 is 1.07 bits per heavy atom. The largest absolute Gasteiger partial charge is 0.381 e. The minimum Gasteiger partial charge on any atom is -0.381 e. The molecule has 15 heavy (non-hydrogen) atoms. The average molecular weight is 215 g/mol. The normalized spacial score (nSPS) is 15.2. The average Bonchev–Trinajstić information content (AvgIpc) is 2.25. The molecule has 1 unspecified atom stereocenters. The highest BCUT2D eigenvalue weighted by Crippen LogP contribution is 2.24. The lowest BCUT2D eigenvalue weighted by atomic mass is 9.84. The van der Waals surface area contributed by atoms with Crippen molar-refractivity contribution in [2.75, 3.05) is 26.3 Å². The van der Waals surface area contributed by atoms with Crippen LogP contribution in [0.15, 0.2) is 0 Å². The first-order valence-electron chi connectivity index (χ1n) is 6.47. The van der Waals surface area contributed by atoms with E-state index < -0.39 is 0 Å². The minimum atomic E-state index is 0.406. The Morgan fingerprint density at radius 2 is 1.80 bits per heavy atom. The van der Waals surface area contributed by atoms with Crippen molar-refractivity contribution in [3.63, 3.8) is 0 Å². The summed E-state index contributed by atoms with van der Waals surface area (Å²) < 4.78 is 5.56. The predicted molar refractivity (Wildman–Crippen MR) is 67.3 cm³/mol. The summed E-state index contributed by atoms with van der Waals surface area (Å²) in [4.78, 5) is 0. The van der Waals surface area contributed by atoms with Crippen LogP contribution in [0.1, 0.15) is 53.4 Å². The predicted octanol–water partition coefficient (Wildman–Crippen LogP) is 3.22. The van der Waals surface area contributed by atoms with Crippen LogP contribution in [0.4, 0.5) is 0 Å². The molecule has 1 atom stereocenters. The van der Waals surface area contributed by atoms with Crippen LogP contribution in [-0.4, -0.2) is 26.3 Å². The maximum absolute atomic E-state index is 5.56. The van der Waals surface area contributed by atoms with Gasteiger partial charge in [0, 0.05) is 19.8 Å². The minimum absolute atomic E-state index is 0.406. The van der Waals surface area contributed by atoms with E-state index >= 15 is 0 Å². The van der Waals surface area contributed by atoms with Gasteiger partial charge in [-0.3, -0.25) is 0 Å². The van der Waals surface area contributed by atoms with Crippen molar-refractivity contribution >= 4 is 0 Å². The fourth-order valence-corrected chi connectivity index (χ4v) is 1.52. The fraction of sp³-hybridized carbons (Fsp3) is 1.00. The van der Waals surface area contributed by atoms with Gasteiger partial charge in [0.25, 0.3) is 0 Å². The maximum Gasteiger partial charge on any atom is 0.0471 e. The van der Waals surface area contributed by atoms with Crippen LogP contribution in [-0.2, 0) is 4.74 Å². The molecule has 0 saturated heterocycles. The van der Waals surface area contributed by atoms with E-state index in [2.05, 4.69) is 33.0 Å². The molecule has 0 aromatic heterocycles. The van der Waals surface area contributed by atoms with Crippen LogP contribution in [0, 0.1) is 5.41 Å². The number of ether oxygens (including phenoxy) is 1. The van der Waals surface area contributed by atoms with Crippen molar-refractivity contribution in [3.8, 4) is 0 Å². The van der Waals surface area contributed by atoms with Crippen LogP contribution in [0.25, 0.3) is 0 Å². The second-order valence-electron chi connectivity index (χ2n) is 4.70. The van der Waals surface area contributed by atoms with Crippen LogP contribution in [0.3, 0.4) is 0 Å². The van der Waals surface area contributed by atoms with Gasteiger partial charge in [0.15, 0.2) is 0 Å². The van der Waals surface area contributed by atoms with Gasteiger partial charge in [0.05, 0.1) is 0 Å². The second kappa shape index (κ2) is 9.17. The van der Waals surface area contributed by atoms with Gasteiger partial charge in [0.2, 0.25) is 0 Å². The Kier molecular flexibility index (Phi) is 9.12. The standard InChI is InChI=1S/C13H29NO/c1-5-9-14-12-13(4,7-3)8-11-15-10-6-2/h14H,5-12H2,1-4H3. The van der Waals surface area contributed by atoms with Gasteiger partial charge in [-0.15, -0.1) is 0 Å². The lowest BCUT2D eigenvalue weighted by Crippen LogP contribution is -2.33. The number of hydrogen-bond donors (Lipinski definition) is 1. The van der Waals surface area contributed by atoms with Crippen molar-refractivity contribution in [3.05, 3.63) is 0 Å². The molecule has 0 aromatic carbocycles. The van der Waals surface area contributed by atoms with E-state index in [0.717, 1.165) is 32.7 Å². The van der Waals surface area contributed by atoms with Crippen molar-refractivity contribution < 1.29 is 4.74 Å². The van der Waals surface area contributed by atoms with Crippen LogP contribution < -0.4 is 5.32 Å². The molecule has 0 bridgehead atoms. The zero-order valence-electron chi connectivity index (χ0n) is 11.1. The van der Waals surface area contributed by atoms with Crippen molar-refractivity contribution in [2.45, 2.75) is 53.4 Å². The molecule has 0 radical (unpaired) electrons. The summed E-state index contributed by atoms with van der Waals surface area (Å²) in [7, 11) is 0. The third kappa shape index (κ3) is 7.80. The molecule has 92 valence electrons. The lowest BCUT2D eigenvalue weighted by molar-refractivity contribution is 0.0969. The first-order chi connectivity index (χ1) is 7.18. The molecular weight excluding hydrogens is 186 g/mol. The highest BCUT2D eigenvalue weighted by atomic mass is 16.5. The molecule has 0 amide bonds. The van der Waals surface area contributed by atoms with Crippen LogP contribution in [0.2, 0.25) is 0 Å². The fourth-order valence-electron chi connectivity index (χ4n) is 1.52. The Labute approximate surface area is 95.8 Å². The summed E-state index contributed by atoms with van der Waals surface area (Å²) in [5, 5.41) is 3.51. The molecule has 0 spiro atoms. The summed E-state index contributed by atoms with van der Waals surface area (Å²) in [6, 6.07) is 0. The van der Waals surface area contributed by atoms with Gasteiger partial charge < -0.3 is 10.1 Å². The van der Waals surface area contributed by atoms with E-state index in [-0.39, 0.29) is 0 Å². The third-order valence-electron chi connectivity index (χ3n) is 3.03. The van der Waals surface area contributed by atoms with E-state index in [4.69, 9.17) is 4.74 Å². The first kappa shape index (κ1) is 14.9. The summed E-state index contributed by atoms with van der Waals surface area (Å²) >= 11 is 0. The van der Waals surface area contributed by atoms with Gasteiger partial charge in [-0.25, -0.2) is 0 Å². The van der Waals surface area contributed by atoms with Crippen molar-refractivity contribution in [2.24, 2.45) is 5.41 Å². The zero-order valence-corrected chi connectivity index (χ0v) is 11.1. The van der Waals surface area contributed by atoms with Crippen molar-refractivity contribution in [1.29, 1.82) is 0 Å². The number of hydrogen-bond acceptors (Lipinski definition) is 2. The van der Waals surface area contributed by atoms with Gasteiger partial charge in [-0.2, -0.15) is 0 Å². The van der Waals surface area contributed by atoms with Gasteiger partial charge in [-0.05, 0) is 37.6 Å². The van der Waals surface area contributed by atoms with E-state index in [0.29, 0.717) is 5.41 Å². The molecule has 0 heterocycles. The van der Waals surface area contributed by atoms with Crippen LogP contribution >= 0.6 is 0 Å². The summed E-state index contributed by atoms with van der Waals surface area (Å²) in [6.45, 7) is 13.0. The summed E-state index contributed by atoms with van der Waals surface area (Å²) in [5.41, 5.74) is 0.406. The first-order valence-corrected chi connectivity index (χ1v) is 6.47. The van der Waals surface area contributed by atoms with Gasteiger partial charge >= 0.3 is 0 Å². The molecule has 0 rings (SSSR count). The smallest absolute Gasteiger partial charge is 0.0471 e. The molecule has 0 fully saturated rings. The zero-order chi connectivity index (χ0) is 11.6. The molecular formula is C13H29NO. The number of nitrogens with one attached hydrogen (secondary N) is 1. The molecule has 0 saturated carbocycles. The topological polar surface area (TPSA) is 21.3 Å². The van der Waals surface area contributed by atoms with E-state index in [1.807, 2.05) is 0 Å². The molecule has 1 N–H and O–H groups in total. The Hall–Kier alpha value is -0.0800. The molecule has 2 heteroatoms. The Morgan fingerprint density at radius 3 is 2.33 bits per heavy atom. The maximum atomic E-state index is 5.56. The second-order valence-corrected chi connectivity index (χ2v) is 4.70. The SMILES string of the molecule is CCCNCC(C)(CC)CCOCCC. The van der Waals surface area contributed by atoms with E-state index in [1.165, 1.54) is 19.3 Å². The van der Waals surface area contributed by atoms with Crippen LogP contribution in [0.5, 0.6) is 0 Å². The summed E-state index contributed by atoms with van der Waals surface area (Å²) in [6.07, 6.45) is 4.72. The Balaban J connectivity index is 3.65. The van der Waals surface area contributed by atoms with E-state index in [9.17, 15) is 0 Å². The molecule has 0 aliphatic rings. The molecule has 0 aromatic rings. The van der Waals surface area contributed by atoms with Gasteiger partial charge in [0.1, 0.15) is 0 Å². The quantitative estimate of drug-likeness (QED) is 0.565. The molecule has 2 nitrogen and oxygen atoms in total. The highest BCUT2D eigenvalue weighted by molar-refractivity contribution is 4.75. The van der Waals surface area contributed by atoms with Gasteiger partial charge in [-0.1, -0.05) is 27.7 Å².